The largest absolute Gasteiger partial charge is 0.463 e. The predicted molar refractivity (Wildman–Crippen MR) is 78.1 cm³/mol. The molecule has 0 aromatic carbocycles. The summed E-state index contributed by atoms with van der Waals surface area (Å²) < 4.78 is 19.5. The standard InChI is InChI=1S/C14H23NO9/c1-7(6-21-9(3)17)22-13(20)12(15-8(2)16)14(23-10(4)18)24-11(5)19/h7,12-14,20H,6H2,1-5H3,(H,15,16)/t7?,12?,13-/m1/s1. The Balaban J connectivity index is 5.08. The molecule has 0 bridgehead atoms. The van der Waals surface area contributed by atoms with Gasteiger partial charge < -0.3 is 29.4 Å². The highest BCUT2D eigenvalue weighted by Gasteiger charge is 2.36. The van der Waals surface area contributed by atoms with Crippen molar-refractivity contribution in [1.82, 2.24) is 5.32 Å². The minimum absolute atomic E-state index is 0.148. The average molecular weight is 349 g/mol. The smallest absolute Gasteiger partial charge is 0.305 e. The number of carbonyl (C=O) groups excluding carboxylic acids is 4. The van der Waals surface area contributed by atoms with E-state index in [2.05, 4.69) is 5.32 Å². The van der Waals surface area contributed by atoms with Crippen molar-refractivity contribution in [1.29, 1.82) is 0 Å². The third-order valence-electron chi connectivity index (χ3n) is 2.43. The molecule has 0 saturated carbocycles. The van der Waals surface area contributed by atoms with Gasteiger partial charge in [-0.3, -0.25) is 19.2 Å². The number of nitrogens with one attached hydrogen (secondary N) is 1. The molecule has 0 fully saturated rings. The molecule has 1 amide bonds. The van der Waals surface area contributed by atoms with E-state index in [0.717, 1.165) is 20.8 Å². The van der Waals surface area contributed by atoms with Crippen molar-refractivity contribution in [3.05, 3.63) is 0 Å². The van der Waals surface area contributed by atoms with Crippen LogP contribution in [0.25, 0.3) is 0 Å². The second kappa shape index (κ2) is 10.6. The summed E-state index contributed by atoms with van der Waals surface area (Å²) in [7, 11) is 0. The van der Waals surface area contributed by atoms with E-state index >= 15 is 0 Å². The number of hydrogen-bond donors (Lipinski definition) is 2. The number of rotatable bonds is 9. The fraction of sp³-hybridized carbons (Fsp3) is 0.714. The summed E-state index contributed by atoms with van der Waals surface area (Å²) in [6, 6.07) is -1.38. The maximum atomic E-state index is 11.3. The monoisotopic (exact) mass is 349 g/mol. The van der Waals surface area contributed by atoms with Crippen LogP contribution >= 0.6 is 0 Å². The molecular formula is C14H23NO9. The molecule has 0 saturated heterocycles. The van der Waals surface area contributed by atoms with Gasteiger partial charge in [-0.25, -0.2) is 0 Å². The third-order valence-corrected chi connectivity index (χ3v) is 2.43. The zero-order valence-corrected chi connectivity index (χ0v) is 14.2. The third kappa shape index (κ3) is 9.74. The van der Waals surface area contributed by atoms with Gasteiger partial charge in [0.2, 0.25) is 5.91 Å². The molecule has 10 nitrogen and oxygen atoms in total. The molecule has 0 aromatic heterocycles. The number of ether oxygens (including phenoxy) is 4. The SMILES string of the molecule is CC(=O)NC(C(OC(C)=O)OC(C)=O)[C@H](O)OC(C)COC(C)=O. The van der Waals surface area contributed by atoms with Crippen molar-refractivity contribution >= 4 is 23.8 Å². The van der Waals surface area contributed by atoms with E-state index in [1.807, 2.05) is 0 Å². The Kier molecular flexibility index (Phi) is 9.58. The molecule has 0 aromatic rings. The van der Waals surface area contributed by atoms with E-state index < -0.39 is 48.5 Å². The van der Waals surface area contributed by atoms with E-state index in [1.165, 1.54) is 13.8 Å². The summed E-state index contributed by atoms with van der Waals surface area (Å²) >= 11 is 0. The van der Waals surface area contributed by atoms with Crippen LogP contribution in [0, 0.1) is 0 Å². The van der Waals surface area contributed by atoms with Crippen LogP contribution in [0.4, 0.5) is 0 Å². The lowest BCUT2D eigenvalue weighted by Crippen LogP contribution is -2.54. The first-order valence-electron chi connectivity index (χ1n) is 7.11. The maximum Gasteiger partial charge on any atom is 0.305 e. The number of hydrogen-bond acceptors (Lipinski definition) is 9. The fourth-order valence-electron chi connectivity index (χ4n) is 1.60. The van der Waals surface area contributed by atoms with Crippen LogP contribution in [-0.2, 0) is 38.1 Å². The second-order valence-electron chi connectivity index (χ2n) is 4.95. The molecule has 0 spiro atoms. The summed E-state index contributed by atoms with van der Waals surface area (Å²) in [6.07, 6.45) is -4.04. The Bertz CT molecular complexity index is 449. The van der Waals surface area contributed by atoms with Crippen molar-refractivity contribution in [2.75, 3.05) is 6.61 Å². The molecule has 0 rings (SSSR count). The zero-order valence-electron chi connectivity index (χ0n) is 14.2. The molecule has 24 heavy (non-hydrogen) atoms. The van der Waals surface area contributed by atoms with Crippen LogP contribution in [0.5, 0.6) is 0 Å². The first kappa shape index (κ1) is 21.8. The van der Waals surface area contributed by atoms with Crippen LogP contribution in [0.2, 0.25) is 0 Å². The van der Waals surface area contributed by atoms with Crippen molar-refractivity contribution in [2.45, 2.75) is 59.3 Å². The Morgan fingerprint density at radius 1 is 0.958 bits per heavy atom. The molecule has 2 unspecified atom stereocenters. The maximum absolute atomic E-state index is 11.3. The molecule has 0 aliphatic carbocycles. The number of aliphatic hydroxyl groups is 1. The van der Waals surface area contributed by atoms with Crippen LogP contribution in [-0.4, -0.2) is 60.3 Å². The molecule has 138 valence electrons. The van der Waals surface area contributed by atoms with E-state index in [-0.39, 0.29) is 6.61 Å². The van der Waals surface area contributed by atoms with Crippen LogP contribution in [0.1, 0.15) is 34.6 Å². The van der Waals surface area contributed by atoms with Crippen LogP contribution < -0.4 is 5.32 Å². The van der Waals surface area contributed by atoms with Gasteiger partial charge in [-0.2, -0.15) is 0 Å². The van der Waals surface area contributed by atoms with Crippen molar-refractivity contribution in [2.24, 2.45) is 0 Å². The highest BCUT2D eigenvalue weighted by molar-refractivity contribution is 5.73. The normalized spacial score (nSPS) is 14.3. The van der Waals surface area contributed by atoms with Gasteiger partial charge in [0.1, 0.15) is 6.61 Å². The van der Waals surface area contributed by atoms with Gasteiger partial charge in [-0.1, -0.05) is 0 Å². The van der Waals surface area contributed by atoms with Gasteiger partial charge in [0.05, 0.1) is 6.10 Å². The fourth-order valence-corrected chi connectivity index (χ4v) is 1.60. The summed E-state index contributed by atoms with van der Waals surface area (Å²) in [4.78, 5) is 44.3. The highest BCUT2D eigenvalue weighted by atomic mass is 16.7. The molecule has 0 aliphatic heterocycles. The Labute approximate surface area is 139 Å². The van der Waals surface area contributed by atoms with Gasteiger partial charge in [-0.15, -0.1) is 0 Å². The minimum Gasteiger partial charge on any atom is -0.463 e. The molecule has 0 heterocycles. The molecule has 3 atom stereocenters. The molecule has 0 aliphatic rings. The van der Waals surface area contributed by atoms with Gasteiger partial charge in [0, 0.05) is 27.7 Å². The molecule has 0 radical (unpaired) electrons. The summed E-state index contributed by atoms with van der Waals surface area (Å²) in [6.45, 7) is 5.85. The molecule has 10 heteroatoms. The number of esters is 3. The summed E-state index contributed by atoms with van der Waals surface area (Å²) in [5.74, 6) is -2.70. The van der Waals surface area contributed by atoms with E-state index in [1.54, 1.807) is 0 Å². The Morgan fingerprint density at radius 2 is 1.46 bits per heavy atom. The Morgan fingerprint density at radius 3 is 1.83 bits per heavy atom. The average Bonchev–Trinajstić information content (AvgIpc) is 2.40. The minimum atomic E-state index is -1.71. The lowest BCUT2D eigenvalue weighted by atomic mass is 10.2. The number of aliphatic hydroxyl groups excluding tert-OH is 1. The van der Waals surface area contributed by atoms with E-state index in [0.29, 0.717) is 0 Å². The van der Waals surface area contributed by atoms with E-state index in [9.17, 15) is 24.3 Å². The summed E-state index contributed by atoms with van der Waals surface area (Å²) in [5.41, 5.74) is 0. The molecule has 2 N–H and O–H groups in total. The molecular weight excluding hydrogens is 326 g/mol. The van der Waals surface area contributed by atoms with E-state index in [4.69, 9.17) is 18.9 Å². The van der Waals surface area contributed by atoms with Crippen molar-refractivity contribution in [3.63, 3.8) is 0 Å². The van der Waals surface area contributed by atoms with Gasteiger partial charge in [0.15, 0.2) is 12.3 Å². The first-order valence-corrected chi connectivity index (χ1v) is 7.11. The Hall–Kier alpha value is -2.20. The topological polar surface area (TPSA) is 137 Å². The van der Waals surface area contributed by atoms with Gasteiger partial charge >= 0.3 is 17.9 Å². The lowest BCUT2D eigenvalue weighted by Gasteiger charge is -2.31. The first-order chi connectivity index (χ1) is 11.0. The van der Waals surface area contributed by atoms with Crippen molar-refractivity contribution in [3.8, 4) is 0 Å². The van der Waals surface area contributed by atoms with Gasteiger partial charge in [-0.05, 0) is 6.92 Å². The quantitative estimate of drug-likeness (QED) is 0.406. The van der Waals surface area contributed by atoms with Crippen LogP contribution in [0.3, 0.4) is 0 Å². The van der Waals surface area contributed by atoms with Gasteiger partial charge in [0.25, 0.3) is 6.29 Å². The number of amides is 1. The number of carbonyl (C=O) groups is 4. The second-order valence-corrected chi connectivity index (χ2v) is 4.95. The highest BCUT2D eigenvalue weighted by Crippen LogP contribution is 2.11. The predicted octanol–water partition coefficient (Wildman–Crippen LogP) is -0.770. The van der Waals surface area contributed by atoms with Crippen LogP contribution in [0.15, 0.2) is 0 Å². The van der Waals surface area contributed by atoms with Crippen molar-refractivity contribution < 1.29 is 43.2 Å². The zero-order chi connectivity index (χ0) is 18.9. The summed E-state index contributed by atoms with van der Waals surface area (Å²) in [5, 5.41) is 12.4. The lowest BCUT2D eigenvalue weighted by molar-refractivity contribution is -0.225.